The Hall–Kier alpha value is -1.82. The summed E-state index contributed by atoms with van der Waals surface area (Å²) in [6.07, 6.45) is -3.53. The van der Waals surface area contributed by atoms with Crippen molar-refractivity contribution in [2.24, 2.45) is 4.99 Å². The Balaban J connectivity index is 3.22. The Kier molecular flexibility index (Phi) is 4.94. The van der Waals surface area contributed by atoms with Crippen LogP contribution < -0.4 is 0 Å². The topological polar surface area (TPSA) is 49.7 Å². The largest absolute Gasteiger partial charge is 0.512 e. The molecule has 0 fully saturated rings. The second-order valence-corrected chi connectivity index (χ2v) is 4.38. The van der Waals surface area contributed by atoms with Gasteiger partial charge in [-0.05, 0) is 32.0 Å². The molecule has 0 bridgehead atoms. The molecule has 0 heterocycles. The van der Waals surface area contributed by atoms with E-state index in [1.807, 2.05) is 0 Å². The molecule has 0 spiro atoms. The van der Waals surface area contributed by atoms with E-state index in [0.29, 0.717) is 0 Å². The molecule has 20 heavy (non-hydrogen) atoms. The Labute approximate surface area is 118 Å². The normalized spacial score (nSPS) is 13.5. The monoisotopic (exact) mass is 305 g/mol. The number of hydrogen-bond donors (Lipinski definition) is 1. The Bertz CT molecular complexity index is 588. The minimum Gasteiger partial charge on any atom is -0.512 e. The van der Waals surface area contributed by atoms with Crippen molar-refractivity contribution in [2.45, 2.75) is 20.0 Å². The maximum absolute atomic E-state index is 12.6. The molecule has 7 heteroatoms. The van der Waals surface area contributed by atoms with Gasteiger partial charge in [-0.15, -0.1) is 0 Å². The van der Waals surface area contributed by atoms with Crippen molar-refractivity contribution < 1.29 is 23.1 Å². The molecule has 108 valence electrons. The predicted octanol–water partition coefficient (Wildman–Crippen LogP) is 4.48. The Morgan fingerprint density at radius 1 is 1.35 bits per heavy atom. The van der Waals surface area contributed by atoms with Gasteiger partial charge in [-0.2, -0.15) is 13.2 Å². The lowest BCUT2D eigenvalue weighted by Crippen LogP contribution is -2.04. The molecule has 0 radical (unpaired) electrons. The van der Waals surface area contributed by atoms with Crippen LogP contribution in [-0.2, 0) is 11.0 Å². The number of carbonyl (C=O) groups is 1. The number of aliphatic imine (C=N–C) groups is 1. The van der Waals surface area contributed by atoms with E-state index in [0.717, 1.165) is 24.4 Å². The number of carbonyl (C=O) groups excluding carboxylic acids is 1. The standard InChI is InChI=1S/C13H11ClF3NO2/c1-7(19)10(8(2)20)6-18-12-5-9(13(15,16)17)3-4-11(12)14/h3-6,19H,1-2H3/b10-7-,18-6?. The van der Waals surface area contributed by atoms with Gasteiger partial charge < -0.3 is 5.11 Å². The van der Waals surface area contributed by atoms with Crippen molar-refractivity contribution in [2.75, 3.05) is 0 Å². The third kappa shape index (κ3) is 4.09. The molecular weight excluding hydrogens is 295 g/mol. The van der Waals surface area contributed by atoms with Crippen LogP contribution >= 0.6 is 11.6 Å². The van der Waals surface area contributed by atoms with Crippen molar-refractivity contribution in [1.82, 2.24) is 0 Å². The van der Waals surface area contributed by atoms with Crippen LogP contribution in [0.25, 0.3) is 0 Å². The average molecular weight is 306 g/mol. The average Bonchev–Trinajstić information content (AvgIpc) is 2.29. The van der Waals surface area contributed by atoms with Crippen molar-refractivity contribution >= 4 is 29.3 Å². The van der Waals surface area contributed by atoms with Crippen molar-refractivity contribution in [1.29, 1.82) is 0 Å². The number of Topliss-reactive ketones (excluding diaryl/α,β-unsaturated/α-hetero) is 1. The van der Waals surface area contributed by atoms with Gasteiger partial charge in [-0.25, -0.2) is 0 Å². The highest BCUT2D eigenvalue weighted by Gasteiger charge is 2.30. The molecule has 0 aliphatic carbocycles. The summed E-state index contributed by atoms with van der Waals surface area (Å²) in [6.45, 7) is 2.48. The lowest BCUT2D eigenvalue weighted by molar-refractivity contribution is -0.137. The van der Waals surface area contributed by atoms with Crippen LogP contribution in [0.5, 0.6) is 0 Å². The van der Waals surface area contributed by atoms with Crippen LogP contribution in [-0.4, -0.2) is 17.1 Å². The highest BCUT2D eigenvalue weighted by molar-refractivity contribution is 6.33. The van der Waals surface area contributed by atoms with E-state index in [2.05, 4.69) is 4.99 Å². The minimum atomic E-state index is -4.51. The predicted molar refractivity (Wildman–Crippen MR) is 70.6 cm³/mol. The number of hydrogen-bond acceptors (Lipinski definition) is 3. The smallest absolute Gasteiger partial charge is 0.416 e. The van der Waals surface area contributed by atoms with Gasteiger partial charge in [-0.3, -0.25) is 9.79 Å². The van der Waals surface area contributed by atoms with Gasteiger partial charge in [0.05, 0.1) is 21.8 Å². The van der Waals surface area contributed by atoms with E-state index in [1.165, 1.54) is 13.8 Å². The molecule has 1 aromatic rings. The van der Waals surface area contributed by atoms with Gasteiger partial charge in [0.25, 0.3) is 0 Å². The lowest BCUT2D eigenvalue weighted by Gasteiger charge is -2.08. The number of benzene rings is 1. The van der Waals surface area contributed by atoms with Gasteiger partial charge in [0, 0.05) is 6.21 Å². The van der Waals surface area contributed by atoms with Crippen LogP contribution in [0, 0.1) is 0 Å². The summed E-state index contributed by atoms with van der Waals surface area (Å²) in [5, 5.41) is 9.28. The Morgan fingerprint density at radius 2 is 1.95 bits per heavy atom. The van der Waals surface area contributed by atoms with Crippen molar-refractivity contribution in [3.63, 3.8) is 0 Å². The molecule has 0 amide bonds. The van der Waals surface area contributed by atoms with Crippen molar-refractivity contribution in [3.8, 4) is 0 Å². The minimum absolute atomic E-state index is 0.00717. The Morgan fingerprint density at radius 3 is 2.40 bits per heavy atom. The molecule has 0 aliphatic heterocycles. The summed E-state index contributed by atoms with van der Waals surface area (Å²) >= 11 is 5.74. The summed E-state index contributed by atoms with van der Waals surface area (Å²) < 4.78 is 37.7. The second kappa shape index (κ2) is 6.09. The first-order valence-corrected chi connectivity index (χ1v) is 5.82. The van der Waals surface area contributed by atoms with E-state index < -0.39 is 17.5 Å². The fourth-order valence-corrected chi connectivity index (χ4v) is 1.53. The van der Waals surface area contributed by atoms with Crippen LogP contribution in [0.2, 0.25) is 5.02 Å². The zero-order chi connectivity index (χ0) is 15.5. The molecule has 0 aromatic heterocycles. The van der Waals surface area contributed by atoms with Crippen LogP contribution in [0.4, 0.5) is 18.9 Å². The highest BCUT2D eigenvalue weighted by atomic mass is 35.5. The first kappa shape index (κ1) is 16.2. The maximum atomic E-state index is 12.6. The number of alkyl halides is 3. The van der Waals surface area contributed by atoms with Crippen LogP contribution in [0.1, 0.15) is 19.4 Å². The van der Waals surface area contributed by atoms with Crippen molar-refractivity contribution in [3.05, 3.63) is 40.1 Å². The molecule has 0 saturated heterocycles. The quantitative estimate of drug-likeness (QED) is 0.508. The second-order valence-electron chi connectivity index (χ2n) is 3.98. The van der Waals surface area contributed by atoms with E-state index in [-0.39, 0.29) is 22.0 Å². The van der Waals surface area contributed by atoms with Gasteiger partial charge >= 0.3 is 6.18 Å². The molecule has 3 nitrogen and oxygen atoms in total. The first-order valence-electron chi connectivity index (χ1n) is 5.44. The van der Waals surface area contributed by atoms with E-state index in [4.69, 9.17) is 11.6 Å². The molecule has 1 rings (SSSR count). The number of allylic oxidation sites excluding steroid dienone is 2. The van der Waals surface area contributed by atoms with Gasteiger partial charge in [-0.1, -0.05) is 11.6 Å². The SMILES string of the molecule is CC(=O)/C(C=Nc1cc(C(F)(F)F)ccc1Cl)=C(/C)O. The van der Waals surface area contributed by atoms with Gasteiger partial charge in [0.1, 0.15) is 5.76 Å². The lowest BCUT2D eigenvalue weighted by atomic mass is 10.1. The van der Waals surface area contributed by atoms with Crippen LogP contribution in [0.15, 0.2) is 34.5 Å². The van der Waals surface area contributed by atoms with Gasteiger partial charge in [0.15, 0.2) is 5.78 Å². The van der Waals surface area contributed by atoms with E-state index in [1.54, 1.807) is 0 Å². The zero-order valence-electron chi connectivity index (χ0n) is 10.6. The third-order valence-corrected chi connectivity index (χ3v) is 2.69. The molecule has 1 aromatic carbocycles. The molecule has 0 aliphatic rings. The summed E-state index contributed by atoms with van der Waals surface area (Å²) in [4.78, 5) is 14.9. The van der Waals surface area contributed by atoms with E-state index in [9.17, 15) is 23.1 Å². The number of halogens is 4. The number of nitrogens with zero attached hydrogens (tertiary/aromatic N) is 1. The molecule has 0 atom stereocenters. The number of rotatable bonds is 3. The summed E-state index contributed by atoms with van der Waals surface area (Å²) in [6, 6.07) is 2.67. The molecule has 0 saturated carbocycles. The molecular formula is C13H11ClF3NO2. The first-order chi connectivity index (χ1) is 9.12. The number of aliphatic hydroxyl groups excluding tert-OH is 1. The number of ketones is 1. The molecule has 0 unspecified atom stereocenters. The summed E-state index contributed by atoms with van der Waals surface area (Å²) in [5.74, 6) is -0.735. The maximum Gasteiger partial charge on any atom is 0.416 e. The summed E-state index contributed by atoms with van der Waals surface area (Å²) in [5.41, 5.74) is -1.14. The fraction of sp³-hybridized carbons (Fsp3) is 0.231. The molecule has 1 N–H and O–H groups in total. The summed E-state index contributed by atoms with van der Waals surface area (Å²) in [7, 11) is 0. The third-order valence-electron chi connectivity index (χ3n) is 2.38. The highest BCUT2D eigenvalue weighted by Crippen LogP contribution is 2.34. The van der Waals surface area contributed by atoms with E-state index >= 15 is 0 Å². The zero-order valence-corrected chi connectivity index (χ0v) is 11.4. The van der Waals surface area contributed by atoms with Gasteiger partial charge in [0.2, 0.25) is 0 Å². The van der Waals surface area contributed by atoms with Crippen LogP contribution in [0.3, 0.4) is 0 Å². The number of aliphatic hydroxyl groups is 1. The fourth-order valence-electron chi connectivity index (χ4n) is 1.36.